The first-order valence-corrected chi connectivity index (χ1v) is 11.0. The lowest BCUT2D eigenvalue weighted by Gasteiger charge is -2.17. The van der Waals surface area contributed by atoms with Crippen LogP contribution in [0.4, 0.5) is 11.5 Å². The van der Waals surface area contributed by atoms with Gasteiger partial charge in [0.15, 0.2) is 11.5 Å². The van der Waals surface area contributed by atoms with Crippen LogP contribution in [0.25, 0.3) is 10.9 Å². The van der Waals surface area contributed by atoms with Crippen molar-refractivity contribution < 1.29 is 24.1 Å². The van der Waals surface area contributed by atoms with E-state index in [0.717, 1.165) is 28.6 Å². The van der Waals surface area contributed by atoms with Gasteiger partial charge in [-0.05, 0) is 50.5 Å². The molecule has 0 fully saturated rings. The molecule has 178 valence electrons. The molecule has 8 heteroatoms. The van der Waals surface area contributed by atoms with Gasteiger partial charge < -0.3 is 29.4 Å². The number of nitrogens with zero attached hydrogens (tertiary/aromatic N) is 2. The molecule has 0 radical (unpaired) electrons. The number of rotatable bonds is 13. The molecule has 2 aromatic carbocycles. The number of aromatic nitrogens is 2. The Morgan fingerprint density at radius 2 is 1.61 bits per heavy atom. The zero-order valence-corrected chi connectivity index (χ0v) is 19.8. The van der Waals surface area contributed by atoms with Crippen LogP contribution in [-0.2, 0) is 15.9 Å². The second-order valence-corrected chi connectivity index (χ2v) is 8.36. The fourth-order valence-corrected chi connectivity index (χ4v) is 3.25. The van der Waals surface area contributed by atoms with E-state index >= 15 is 0 Å². The molecule has 0 amide bonds. The number of aryl methyl sites for hydroxylation is 1. The Hall–Kier alpha value is -2.94. The van der Waals surface area contributed by atoms with Crippen LogP contribution in [0.3, 0.4) is 0 Å². The van der Waals surface area contributed by atoms with E-state index in [2.05, 4.69) is 27.4 Å². The van der Waals surface area contributed by atoms with Crippen LogP contribution in [-0.4, -0.2) is 61.3 Å². The predicted molar refractivity (Wildman–Crippen MR) is 129 cm³/mol. The number of benzene rings is 2. The number of anilines is 2. The summed E-state index contributed by atoms with van der Waals surface area (Å²) in [7, 11) is 3.26. The number of methoxy groups -OCH3 is 2. The average molecular weight is 456 g/mol. The minimum atomic E-state index is -0.700. The summed E-state index contributed by atoms with van der Waals surface area (Å²) in [4.78, 5) is 8.87. The van der Waals surface area contributed by atoms with Gasteiger partial charge in [-0.1, -0.05) is 12.1 Å². The van der Waals surface area contributed by atoms with Crippen LogP contribution in [0, 0.1) is 0 Å². The SMILES string of the molecule is COCCOc1cc2ncnc(Nc3cccc(CCC(C)(C)O)c3)c2cc1OCCOC. The fraction of sp³-hybridized carbons (Fsp3) is 0.440. The van der Waals surface area contributed by atoms with Gasteiger partial charge in [0.05, 0.1) is 24.3 Å². The minimum Gasteiger partial charge on any atom is -0.487 e. The Morgan fingerprint density at radius 3 is 2.27 bits per heavy atom. The van der Waals surface area contributed by atoms with Crippen molar-refractivity contribution in [1.29, 1.82) is 0 Å². The highest BCUT2D eigenvalue weighted by Crippen LogP contribution is 2.35. The van der Waals surface area contributed by atoms with Crippen molar-refractivity contribution in [2.24, 2.45) is 0 Å². The zero-order valence-electron chi connectivity index (χ0n) is 19.8. The van der Waals surface area contributed by atoms with Gasteiger partial charge in [0.1, 0.15) is 25.4 Å². The summed E-state index contributed by atoms with van der Waals surface area (Å²) >= 11 is 0. The van der Waals surface area contributed by atoms with Gasteiger partial charge >= 0.3 is 0 Å². The van der Waals surface area contributed by atoms with Crippen LogP contribution in [0.1, 0.15) is 25.8 Å². The normalized spacial score (nSPS) is 11.5. The standard InChI is InChI=1S/C25H33N3O5/c1-25(2,29)9-8-18-6-5-7-19(14-18)28-24-20-15-22(32-12-10-30-3)23(33-13-11-31-4)16-21(20)26-17-27-24/h5-7,14-17,29H,8-13H2,1-4H3,(H,26,27,28). The molecule has 0 aliphatic carbocycles. The monoisotopic (exact) mass is 455 g/mol. The van der Waals surface area contributed by atoms with Gasteiger partial charge in [-0.2, -0.15) is 0 Å². The Morgan fingerprint density at radius 1 is 0.909 bits per heavy atom. The lowest BCUT2D eigenvalue weighted by atomic mass is 9.99. The summed E-state index contributed by atoms with van der Waals surface area (Å²) in [5, 5.41) is 14.2. The van der Waals surface area contributed by atoms with Crippen LogP contribution >= 0.6 is 0 Å². The maximum Gasteiger partial charge on any atom is 0.163 e. The van der Waals surface area contributed by atoms with Crippen LogP contribution in [0.15, 0.2) is 42.7 Å². The smallest absolute Gasteiger partial charge is 0.163 e. The Bertz CT molecular complexity index is 1040. The van der Waals surface area contributed by atoms with E-state index in [-0.39, 0.29) is 0 Å². The maximum absolute atomic E-state index is 10.0. The first kappa shape index (κ1) is 24.7. The molecule has 0 saturated heterocycles. The van der Waals surface area contributed by atoms with Gasteiger partial charge in [-0.3, -0.25) is 0 Å². The van der Waals surface area contributed by atoms with E-state index in [1.165, 1.54) is 6.33 Å². The second kappa shape index (κ2) is 11.8. The summed E-state index contributed by atoms with van der Waals surface area (Å²) in [6.45, 7) is 5.36. The molecule has 1 aromatic heterocycles. The molecule has 3 aromatic rings. The van der Waals surface area contributed by atoms with Crippen molar-refractivity contribution in [3.05, 3.63) is 48.3 Å². The van der Waals surface area contributed by atoms with Crippen LogP contribution in [0.2, 0.25) is 0 Å². The minimum absolute atomic E-state index is 0.391. The summed E-state index contributed by atoms with van der Waals surface area (Å²) in [6.07, 6.45) is 2.98. The highest BCUT2D eigenvalue weighted by molar-refractivity contribution is 5.93. The molecule has 3 rings (SSSR count). The van der Waals surface area contributed by atoms with Gasteiger partial charge in [-0.25, -0.2) is 9.97 Å². The largest absolute Gasteiger partial charge is 0.487 e. The van der Waals surface area contributed by atoms with Crippen molar-refractivity contribution in [1.82, 2.24) is 9.97 Å². The van der Waals surface area contributed by atoms with Gasteiger partial charge in [-0.15, -0.1) is 0 Å². The van der Waals surface area contributed by atoms with Gasteiger partial charge in [0.2, 0.25) is 0 Å². The Labute approximate surface area is 194 Å². The van der Waals surface area contributed by atoms with Gasteiger partial charge in [0.25, 0.3) is 0 Å². The van der Waals surface area contributed by atoms with E-state index in [1.807, 2.05) is 38.1 Å². The first-order chi connectivity index (χ1) is 15.9. The molecular weight excluding hydrogens is 422 g/mol. The van der Waals surface area contributed by atoms with Crippen molar-refractivity contribution >= 4 is 22.4 Å². The molecule has 0 bridgehead atoms. The third kappa shape index (κ3) is 7.56. The molecule has 0 spiro atoms. The average Bonchev–Trinajstić information content (AvgIpc) is 2.78. The number of hydrogen-bond donors (Lipinski definition) is 2. The highest BCUT2D eigenvalue weighted by atomic mass is 16.5. The zero-order chi connectivity index (χ0) is 23.7. The van der Waals surface area contributed by atoms with Crippen molar-refractivity contribution in [2.75, 3.05) is 46.0 Å². The van der Waals surface area contributed by atoms with Gasteiger partial charge in [0, 0.05) is 31.4 Å². The molecule has 0 atom stereocenters. The third-order valence-electron chi connectivity index (χ3n) is 5.01. The first-order valence-electron chi connectivity index (χ1n) is 11.0. The molecule has 2 N–H and O–H groups in total. The van der Waals surface area contributed by atoms with Crippen molar-refractivity contribution in [2.45, 2.75) is 32.3 Å². The Kier molecular flexibility index (Phi) is 8.82. The number of nitrogens with one attached hydrogen (secondary N) is 1. The number of ether oxygens (including phenoxy) is 4. The molecule has 8 nitrogen and oxygen atoms in total. The molecular formula is C25H33N3O5. The molecule has 0 unspecified atom stereocenters. The number of hydrogen-bond acceptors (Lipinski definition) is 8. The summed E-state index contributed by atoms with van der Waals surface area (Å²) in [5.74, 6) is 1.85. The molecule has 0 aliphatic rings. The van der Waals surface area contributed by atoms with Crippen LogP contribution < -0.4 is 14.8 Å². The third-order valence-corrected chi connectivity index (χ3v) is 5.01. The second-order valence-electron chi connectivity index (χ2n) is 8.36. The predicted octanol–water partition coefficient (Wildman–Crippen LogP) is 4.13. The van der Waals surface area contributed by atoms with E-state index in [0.29, 0.717) is 50.2 Å². The summed E-state index contributed by atoms with van der Waals surface area (Å²) < 4.78 is 21.9. The lowest BCUT2D eigenvalue weighted by molar-refractivity contribution is 0.0714. The molecule has 0 aliphatic heterocycles. The summed E-state index contributed by atoms with van der Waals surface area (Å²) in [6, 6.07) is 11.8. The molecule has 0 saturated carbocycles. The number of aliphatic hydroxyl groups is 1. The van der Waals surface area contributed by atoms with E-state index < -0.39 is 5.60 Å². The fourth-order valence-electron chi connectivity index (χ4n) is 3.25. The van der Waals surface area contributed by atoms with E-state index in [9.17, 15) is 5.11 Å². The quantitative estimate of drug-likeness (QED) is 0.372. The highest BCUT2D eigenvalue weighted by Gasteiger charge is 2.14. The van der Waals surface area contributed by atoms with E-state index in [1.54, 1.807) is 14.2 Å². The van der Waals surface area contributed by atoms with Crippen LogP contribution in [0.5, 0.6) is 11.5 Å². The number of fused-ring (bicyclic) bond motifs is 1. The Balaban J connectivity index is 1.87. The lowest BCUT2D eigenvalue weighted by Crippen LogP contribution is -2.19. The molecule has 33 heavy (non-hydrogen) atoms. The van der Waals surface area contributed by atoms with Crippen molar-refractivity contribution in [3.63, 3.8) is 0 Å². The molecule has 1 heterocycles. The van der Waals surface area contributed by atoms with Crippen molar-refractivity contribution in [3.8, 4) is 11.5 Å². The van der Waals surface area contributed by atoms with E-state index in [4.69, 9.17) is 18.9 Å². The topological polar surface area (TPSA) is 95.0 Å². The maximum atomic E-state index is 10.0. The summed E-state index contributed by atoms with van der Waals surface area (Å²) in [5.41, 5.74) is 2.08.